The molecule has 0 saturated heterocycles. The zero-order valence-electron chi connectivity index (χ0n) is 14.1. The number of hydrogen-bond donors (Lipinski definition) is 2. The smallest absolute Gasteiger partial charge is 0.191 e. The average molecular weight is 441 g/mol. The van der Waals surface area contributed by atoms with Crippen LogP contribution in [0.4, 0.5) is 0 Å². The van der Waals surface area contributed by atoms with Gasteiger partial charge in [-0.2, -0.15) is 5.10 Å². The van der Waals surface area contributed by atoms with E-state index in [9.17, 15) is 0 Å². The summed E-state index contributed by atoms with van der Waals surface area (Å²) < 4.78 is 7.39. The number of guanidine groups is 1. The highest BCUT2D eigenvalue weighted by atomic mass is 127. The zero-order valence-corrected chi connectivity index (χ0v) is 16.4. The third kappa shape index (κ3) is 4.62. The summed E-state index contributed by atoms with van der Waals surface area (Å²) in [5.74, 6) is 1.84. The Morgan fingerprint density at radius 1 is 1.33 bits per heavy atom. The molecule has 0 bridgehead atoms. The quantitative estimate of drug-likeness (QED) is 0.423. The topological polar surface area (TPSA) is 63.5 Å². The van der Waals surface area contributed by atoms with Crippen molar-refractivity contribution in [2.24, 2.45) is 12.0 Å². The van der Waals surface area contributed by atoms with Crippen LogP contribution in [-0.2, 0) is 26.4 Å². The highest BCUT2D eigenvalue weighted by Gasteiger charge is 2.11. The van der Waals surface area contributed by atoms with Crippen LogP contribution < -0.4 is 15.4 Å². The molecule has 6 nitrogen and oxygen atoms in total. The second-order valence-electron chi connectivity index (χ2n) is 5.59. The lowest BCUT2D eigenvalue weighted by Crippen LogP contribution is -2.38. The van der Waals surface area contributed by atoms with Crippen LogP contribution in [-0.4, -0.2) is 35.9 Å². The molecule has 1 aliphatic rings. The summed E-state index contributed by atoms with van der Waals surface area (Å²) in [6.45, 7) is 2.35. The standard InChI is InChI=1S/C17H23N5O.HI/c1-18-17(20-12-15-6-9-21-22(15)2)19-8-5-13-3-4-16-14(11-13)7-10-23-16;/h3-4,6,9,11H,5,7-8,10,12H2,1-2H3,(H2,18,19,20);1H. The molecule has 0 fully saturated rings. The number of fused-ring (bicyclic) bond motifs is 1. The van der Waals surface area contributed by atoms with Gasteiger partial charge in [0.1, 0.15) is 5.75 Å². The predicted octanol–water partition coefficient (Wildman–Crippen LogP) is 1.88. The van der Waals surface area contributed by atoms with Crippen LogP contribution in [0, 0.1) is 0 Å². The molecule has 1 aliphatic heterocycles. The molecule has 1 aromatic carbocycles. The fraction of sp³-hybridized carbons (Fsp3) is 0.412. The lowest BCUT2D eigenvalue weighted by molar-refractivity contribution is 0.357. The second-order valence-corrected chi connectivity index (χ2v) is 5.59. The second kappa shape index (κ2) is 8.91. The fourth-order valence-corrected chi connectivity index (χ4v) is 2.69. The van der Waals surface area contributed by atoms with Gasteiger partial charge in [-0.05, 0) is 29.7 Å². The van der Waals surface area contributed by atoms with Gasteiger partial charge in [0, 0.05) is 33.3 Å². The van der Waals surface area contributed by atoms with E-state index in [1.807, 2.05) is 17.8 Å². The van der Waals surface area contributed by atoms with Gasteiger partial charge < -0.3 is 15.4 Å². The number of ether oxygens (including phenoxy) is 1. The molecule has 130 valence electrons. The Morgan fingerprint density at radius 2 is 2.21 bits per heavy atom. The highest BCUT2D eigenvalue weighted by Crippen LogP contribution is 2.25. The van der Waals surface area contributed by atoms with Crippen molar-refractivity contribution in [3.8, 4) is 5.75 Å². The van der Waals surface area contributed by atoms with E-state index in [0.29, 0.717) is 6.54 Å². The van der Waals surface area contributed by atoms with E-state index >= 15 is 0 Å². The lowest BCUT2D eigenvalue weighted by Gasteiger charge is -2.12. The maximum atomic E-state index is 5.54. The molecule has 1 aromatic heterocycles. The van der Waals surface area contributed by atoms with Crippen molar-refractivity contribution in [1.29, 1.82) is 0 Å². The van der Waals surface area contributed by atoms with Crippen LogP contribution >= 0.6 is 24.0 Å². The number of nitrogens with one attached hydrogen (secondary N) is 2. The van der Waals surface area contributed by atoms with Gasteiger partial charge in [0.15, 0.2) is 5.96 Å². The van der Waals surface area contributed by atoms with Crippen molar-refractivity contribution in [3.63, 3.8) is 0 Å². The molecule has 24 heavy (non-hydrogen) atoms. The molecular weight excluding hydrogens is 417 g/mol. The van der Waals surface area contributed by atoms with Gasteiger partial charge in [0.2, 0.25) is 0 Å². The van der Waals surface area contributed by atoms with Crippen molar-refractivity contribution in [2.45, 2.75) is 19.4 Å². The largest absolute Gasteiger partial charge is 0.493 e. The van der Waals surface area contributed by atoms with E-state index in [1.54, 1.807) is 13.2 Å². The molecule has 3 rings (SSSR count). The summed E-state index contributed by atoms with van der Waals surface area (Å²) in [6, 6.07) is 8.45. The van der Waals surface area contributed by atoms with Crippen molar-refractivity contribution in [1.82, 2.24) is 20.4 Å². The number of benzene rings is 1. The first kappa shape index (κ1) is 18.6. The number of aliphatic imine (C=N–C) groups is 1. The van der Waals surface area contributed by atoms with Crippen molar-refractivity contribution in [3.05, 3.63) is 47.3 Å². The van der Waals surface area contributed by atoms with E-state index in [1.165, 1.54) is 11.1 Å². The van der Waals surface area contributed by atoms with Crippen LogP contribution in [0.2, 0.25) is 0 Å². The van der Waals surface area contributed by atoms with E-state index in [2.05, 4.69) is 38.9 Å². The van der Waals surface area contributed by atoms with Crippen LogP contribution in [0.3, 0.4) is 0 Å². The molecule has 2 aromatic rings. The summed E-state index contributed by atoms with van der Waals surface area (Å²) >= 11 is 0. The van der Waals surface area contributed by atoms with Gasteiger partial charge in [-0.3, -0.25) is 9.67 Å². The number of rotatable bonds is 5. The number of aromatic nitrogens is 2. The minimum Gasteiger partial charge on any atom is -0.493 e. The molecule has 0 aliphatic carbocycles. The van der Waals surface area contributed by atoms with Crippen molar-refractivity contribution < 1.29 is 4.74 Å². The Morgan fingerprint density at radius 3 is 2.96 bits per heavy atom. The number of hydrogen-bond acceptors (Lipinski definition) is 3. The Bertz CT molecular complexity index is 698. The Hall–Kier alpha value is -1.77. The summed E-state index contributed by atoms with van der Waals surface area (Å²) in [5.41, 5.74) is 3.76. The molecule has 0 saturated carbocycles. The molecule has 2 heterocycles. The lowest BCUT2D eigenvalue weighted by atomic mass is 10.1. The monoisotopic (exact) mass is 441 g/mol. The first-order valence-electron chi connectivity index (χ1n) is 7.92. The zero-order chi connectivity index (χ0) is 16.1. The first-order valence-corrected chi connectivity index (χ1v) is 7.92. The molecule has 0 spiro atoms. The Balaban J connectivity index is 0.00000208. The minimum atomic E-state index is 0. The highest BCUT2D eigenvalue weighted by molar-refractivity contribution is 14.0. The van der Waals surface area contributed by atoms with Crippen molar-refractivity contribution >= 4 is 29.9 Å². The molecule has 0 atom stereocenters. The van der Waals surface area contributed by atoms with Crippen LogP contribution in [0.5, 0.6) is 5.75 Å². The summed E-state index contributed by atoms with van der Waals surface area (Å²) in [7, 11) is 3.72. The molecule has 2 N–H and O–H groups in total. The van der Waals surface area contributed by atoms with Gasteiger partial charge in [-0.25, -0.2) is 0 Å². The predicted molar refractivity (Wildman–Crippen MR) is 106 cm³/mol. The molecule has 0 radical (unpaired) electrons. The van der Waals surface area contributed by atoms with Gasteiger partial charge >= 0.3 is 0 Å². The molecule has 7 heteroatoms. The van der Waals surface area contributed by atoms with E-state index in [4.69, 9.17) is 4.74 Å². The minimum absolute atomic E-state index is 0. The Kier molecular flexibility index (Phi) is 6.89. The van der Waals surface area contributed by atoms with Gasteiger partial charge in [0.25, 0.3) is 0 Å². The average Bonchev–Trinajstić information content (AvgIpc) is 3.19. The maximum absolute atomic E-state index is 5.54. The van der Waals surface area contributed by atoms with Crippen LogP contribution in [0.25, 0.3) is 0 Å². The number of nitrogens with zero attached hydrogens (tertiary/aromatic N) is 3. The number of aryl methyl sites for hydroxylation is 1. The summed E-state index contributed by atoms with van der Waals surface area (Å²) in [5, 5.41) is 10.8. The first-order chi connectivity index (χ1) is 11.3. The maximum Gasteiger partial charge on any atom is 0.191 e. The van der Waals surface area contributed by atoms with E-state index < -0.39 is 0 Å². The van der Waals surface area contributed by atoms with Gasteiger partial charge in [-0.15, -0.1) is 24.0 Å². The normalized spacial score (nSPS) is 13.0. The van der Waals surface area contributed by atoms with Crippen LogP contribution in [0.1, 0.15) is 16.8 Å². The van der Waals surface area contributed by atoms with E-state index in [0.717, 1.165) is 43.4 Å². The third-order valence-corrected chi connectivity index (χ3v) is 4.04. The van der Waals surface area contributed by atoms with Gasteiger partial charge in [-0.1, -0.05) is 12.1 Å². The molecule has 0 amide bonds. The van der Waals surface area contributed by atoms with Crippen molar-refractivity contribution in [2.75, 3.05) is 20.2 Å². The SMILES string of the molecule is CN=C(NCCc1ccc2c(c1)CCO2)NCc1ccnn1C.I. The fourth-order valence-electron chi connectivity index (χ4n) is 2.69. The summed E-state index contributed by atoms with van der Waals surface area (Å²) in [6.07, 6.45) is 3.77. The summed E-state index contributed by atoms with van der Waals surface area (Å²) in [4.78, 5) is 4.25. The van der Waals surface area contributed by atoms with Crippen LogP contribution in [0.15, 0.2) is 35.5 Å². The Labute approximate surface area is 159 Å². The third-order valence-electron chi connectivity index (χ3n) is 4.04. The molecular formula is C17H24IN5O. The van der Waals surface area contributed by atoms with E-state index in [-0.39, 0.29) is 24.0 Å². The number of halogens is 1. The van der Waals surface area contributed by atoms with Gasteiger partial charge in [0.05, 0.1) is 18.8 Å². The molecule has 0 unspecified atom stereocenters.